The molecule has 1 amide bonds. The number of benzene rings is 3. The molecule has 3 aromatic carbocycles. The molecule has 0 radical (unpaired) electrons. The maximum absolute atomic E-state index is 15.5. The highest BCUT2D eigenvalue weighted by atomic mass is 32.1. The van der Waals surface area contributed by atoms with Crippen LogP contribution in [0.25, 0.3) is 10.8 Å². The summed E-state index contributed by atoms with van der Waals surface area (Å²) in [4.78, 5) is 33.7. The molecule has 212 valence electrons. The number of fused-ring (bicyclic) bond motifs is 1. The molecule has 1 aromatic heterocycles. The number of nitrogen functional groups attached to an aromatic ring is 1. The molecule has 0 spiro atoms. The number of anilines is 2. The van der Waals surface area contributed by atoms with Gasteiger partial charge in [0.15, 0.2) is 0 Å². The number of likely N-dealkylation sites (tertiary alicyclic amines) is 1. The SMILES string of the molecule is CCOc1ccc(F)c([C@H](Nc2ccc3c(N)nccc3c2)C(=O)N2CC[C@H](C(=O)OC)[C@@H]2c2ccccc2S)c1. The van der Waals surface area contributed by atoms with Gasteiger partial charge in [-0.05, 0) is 72.8 Å². The standard InChI is InChI=1S/C31H31FN4O4S/c1-3-40-20-9-11-25(32)24(17-20)27(35-19-8-10-21-18(16-19)12-14-34-29(21)33)30(37)36-15-13-23(31(38)39-2)28(36)22-6-4-5-7-26(22)41/h4-12,14,16-17,23,27-28,35,41H,3,13,15H2,1-2H3,(H2,33,34)/t23-,27-,28-/m0/s1. The van der Waals surface area contributed by atoms with Gasteiger partial charge in [-0.1, -0.05) is 18.2 Å². The van der Waals surface area contributed by atoms with E-state index in [1.807, 2.05) is 43.3 Å². The fraction of sp³-hybridized carbons (Fsp3) is 0.258. The number of pyridine rings is 1. The van der Waals surface area contributed by atoms with Gasteiger partial charge >= 0.3 is 5.97 Å². The molecule has 8 nitrogen and oxygen atoms in total. The van der Waals surface area contributed by atoms with Gasteiger partial charge in [0, 0.05) is 34.3 Å². The van der Waals surface area contributed by atoms with E-state index < -0.39 is 35.7 Å². The molecule has 0 bridgehead atoms. The number of carbonyl (C=O) groups excluding carboxylic acids is 2. The van der Waals surface area contributed by atoms with Gasteiger partial charge in [-0.15, -0.1) is 12.6 Å². The van der Waals surface area contributed by atoms with Crippen LogP contribution < -0.4 is 15.8 Å². The first-order chi connectivity index (χ1) is 19.8. The van der Waals surface area contributed by atoms with E-state index in [2.05, 4.69) is 22.9 Å². The summed E-state index contributed by atoms with van der Waals surface area (Å²) in [5.74, 6) is -1.17. The highest BCUT2D eigenvalue weighted by Gasteiger charge is 2.45. The third kappa shape index (κ3) is 5.65. The summed E-state index contributed by atoms with van der Waals surface area (Å²) in [6.07, 6.45) is 1.99. The summed E-state index contributed by atoms with van der Waals surface area (Å²) >= 11 is 4.62. The van der Waals surface area contributed by atoms with E-state index in [1.54, 1.807) is 23.2 Å². The van der Waals surface area contributed by atoms with E-state index in [4.69, 9.17) is 15.2 Å². The Balaban J connectivity index is 1.60. The molecular weight excluding hydrogens is 543 g/mol. The van der Waals surface area contributed by atoms with Gasteiger partial charge in [0.05, 0.1) is 25.7 Å². The van der Waals surface area contributed by atoms with Crippen molar-refractivity contribution in [3.8, 4) is 5.75 Å². The summed E-state index contributed by atoms with van der Waals surface area (Å²) in [5.41, 5.74) is 7.44. The van der Waals surface area contributed by atoms with Crippen molar-refractivity contribution < 1.29 is 23.5 Å². The first-order valence-corrected chi connectivity index (χ1v) is 13.8. The quantitative estimate of drug-likeness (QED) is 0.187. The third-order valence-electron chi connectivity index (χ3n) is 7.38. The second kappa shape index (κ2) is 12.1. The van der Waals surface area contributed by atoms with Crippen LogP contribution in [0.15, 0.2) is 77.8 Å². The van der Waals surface area contributed by atoms with Crippen LogP contribution in [0.2, 0.25) is 0 Å². The minimum Gasteiger partial charge on any atom is -0.494 e. The van der Waals surface area contributed by atoms with Crippen LogP contribution in [-0.2, 0) is 14.3 Å². The van der Waals surface area contributed by atoms with Crippen molar-refractivity contribution in [1.29, 1.82) is 0 Å². The van der Waals surface area contributed by atoms with Crippen molar-refractivity contribution in [2.24, 2.45) is 5.92 Å². The average Bonchev–Trinajstić information content (AvgIpc) is 3.42. The lowest BCUT2D eigenvalue weighted by molar-refractivity contribution is -0.147. The molecule has 4 aromatic rings. The minimum atomic E-state index is -1.14. The van der Waals surface area contributed by atoms with E-state index in [0.29, 0.717) is 40.7 Å². The van der Waals surface area contributed by atoms with Crippen molar-refractivity contribution in [1.82, 2.24) is 9.88 Å². The molecule has 1 aliphatic heterocycles. The maximum atomic E-state index is 15.5. The summed E-state index contributed by atoms with van der Waals surface area (Å²) in [7, 11) is 1.33. The van der Waals surface area contributed by atoms with Gasteiger partial charge in [-0.25, -0.2) is 9.37 Å². The average molecular weight is 575 g/mol. The second-order valence-electron chi connectivity index (χ2n) is 9.78. The van der Waals surface area contributed by atoms with Crippen LogP contribution in [0.1, 0.15) is 36.6 Å². The minimum absolute atomic E-state index is 0.120. The van der Waals surface area contributed by atoms with Crippen molar-refractivity contribution in [3.05, 3.63) is 89.9 Å². The summed E-state index contributed by atoms with van der Waals surface area (Å²) < 4.78 is 26.2. The molecule has 10 heteroatoms. The summed E-state index contributed by atoms with van der Waals surface area (Å²) in [6, 6.07) is 17.1. The smallest absolute Gasteiger partial charge is 0.311 e. The van der Waals surface area contributed by atoms with Gasteiger partial charge in [0.2, 0.25) is 5.91 Å². The van der Waals surface area contributed by atoms with E-state index in [0.717, 1.165) is 10.8 Å². The summed E-state index contributed by atoms with van der Waals surface area (Å²) in [6.45, 7) is 2.48. The number of esters is 1. The van der Waals surface area contributed by atoms with Gasteiger partial charge in [-0.3, -0.25) is 9.59 Å². The normalized spacial score (nSPS) is 17.3. The van der Waals surface area contributed by atoms with Crippen LogP contribution >= 0.6 is 12.6 Å². The van der Waals surface area contributed by atoms with Crippen LogP contribution in [0, 0.1) is 11.7 Å². The predicted molar refractivity (Wildman–Crippen MR) is 158 cm³/mol. The maximum Gasteiger partial charge on any atom is 0.311 e. The Morgan fingerprint density at radius 3 is 2.73 bits per heavy atom. The van der Waals surface area contributed by atoms with Gasteiger partial charge in [0.1, 0.15) is 23.4 Å². The number of carbonyl (C=O) groups is 2. The monoisotopic (exact) mass is 574 g/mol. The molecule has 0 aliphatic carbocycles. The number of nitrogens with two attached hydrogens (primary N) is 1. The fourth-order valence-electron chi connectivity index (χ4n) is 5.46. The number of halogens is 1. The molecular formula is C31H31FN4O4S. The Kier molecular flexibility index (Phi) is 8.30. The Hall–Kier alpha value is -4.31. The Morgan fingerprint density at radius 2 is 1.98 bits per heavy atom. The number of amides is 1. The Morgan fingerprint density at radius 1 is 1.17 bits per heavy atom. The van der Waals surface area contributed by atoms with Crippen molar-refractivity contribution >= 4 is 46.8 Å². The molecule has 2 heterocycles. The molecule has 41 heavy (non-hydrogen) atoms. The largest absolute Gasteiger partial charge is 0.494 e. The number of nitrogens with one attached hydrogen (secondary N) is 1. The van der Waals surface area contributed by atoms with E-state index in [1.165, 1.54) is 25.3 Å². The van der Waals surface area contributed by atoms with Crippen LogP contribution in [0.5, 0.6) is 5.75 Å². The number of aromatic nitrogens is 1. The second-order valence-corrected chi connectivity index (χ2v) is 10.3. The number of methoxy groups -OCH3 is 1. The molecule has 0 saturated carbocycles. The first-order valence-electron chi connectivity index (χ1n) is 13.3. The number of rotatable bonds is 8. The van der Waals surface area contributed by atoms with Crippen LogP contribution in [-0.4, -0.2) is 42.0 Å². The molecule has 3 atom stereocenters. The Bertz CT molecular complexity index is 1600. The van der Waals surface area contributed by atoms with Crippen molar-refractivity contribution in [2.75, 3.05) is 31.3 Å². The fourth-order valence-corrected chi connectivity index (χ4v) is 5.75. The van der Waals surface area contributed by atoms with Gasteiger partial charge in [-0.2, -0.15) is 0 Å². The molecule has 5 rings (SSSR count). The third-order valence-corrected chi connectivity index (χ3v) is 7.79. The lowest BCUT2D eigenvalue weighted by atomic mass is 9.93. The molecule has 1 saturated heterocycles. The molecule has 0 unspecified atom stereocenters. The topological polar surface area (TPSA) is 107 Å². The van der Waals surface area contributed by atoms with Gasteiger partial charge in [0.25, 0.3) is 0 Å². The number of hydrogen-bond acceptors (Lipinski definition) is 8. The van der Waals surface area contributed by atoms with Crippen molar-refractivity contribution in [3.63, 3.8) is 0 Å². The first kappa shape index (κ1) is 28.2. The lowest BCUT2D eigenvalue weighted by Crippen LogP contribution is -2.40. The lowest BCUT2D eigenvalue weighted by Gasteiger charge is -2.32. The zero-order chi connectivity index (χ0) is 29.1. The molecule has 1 fully saturated rings. The number of thiol groups is 1. The van der Waals surface area contributed by atoms with E-state index in [9.17, 15) is 9.59 Å². The number of ether oxygens (including phenoxy) is 2. The van der Waals surface area contributed by atoms with Crippen LogP contribution in [0.3, 0.4) is 0 Å². The number of hydrogen-bond donors (Lipinski definition) is 3. The zero-order valence-corrected chi connectivity index (χ0v) is 23.6. The van der Waals surface area contributed by atoms with E-state index >= 15 is 4.39 Å². The highest BCUT2D eigenvalue weighted by Crippen LogP contribution is 2.42. The molecule has 3 N–H and O–H groups in total. The zero-order valence-electron chi connectivity index (χ0n) is 22.7. The molecule has 1 aliphatic rings. The summed E-state index contributed by atoms with van der Waals surface area (Å²) in [5, 5.41) is 4.83. The van der Waals surface area contributed by atoms with Crippen LogP contribution in [0.4, 0.5) is 15.9 Å². The number of nitrogens with zero attached hydrogens (tertiary/aromatic N) is 2. The Labute approximate surface area is 243 Å². The van der Waals surface area contributed by atoms with E-state index in [-0.39, 0.29) is 12.1 Å². The van der Waals surface area contributed by atoms with Gasteiger partial charge < -0.3 is 25.4 Å². The predicted octanol–water partition coefficient (Wildman–Crippen LogP) is 5.56. The van der Waals surface area contributed by atoms with Crippen molar-refractivity contribution in [2.45, 2.75) is 30.3 Å². The highest BCUT2D eigenvalue weighted by molar-refractivity contribution is 7.80.